The van der Waals surface area contributed by atoms with Crippen molar-refractivity contribution in [3.63, 3.8) is 0 Å². The summed E-state index contributed by atoms with van der Waals surface area (Å²) in [4.78, 5) is 40.5. The second-order valence-corrected chi connectivity index (χ2v) is 8.65. The molecule has 2 atom stereocenters. The number of rotatable bonds is 12. The van der Waals surface area contributed by atoms with E-state index in [-0.39, 0.29) is 18.4 Å². The minimum absolute atomic E-state index is 0.111. The average Bonchev–Trinajstić information content (AvgIpc) is 2.83. The number of hydrogen-bond acceptors (Lipinski definition) is 4. The van der Waals surface area contributed by atoms with E-state index in [4.69, 9.17) is 4.74 Å². The molecule has 0 spiro atoms. The molecule has 0 radical (unpaired) electrons. The Labute approximate surface area is 202 Å². The number of carbonyl (C=O) groups is 3. The second-order valence-electron chi connectivity index (χ2n) is 8.65. The molecule has 0 fully saturated rings. The van der Waals surface area contributed by atoms with Crippen LogP contribution in [0.25, 0.3) is 0 Å². The molecule has 3 amide bonds. The molecule has 7 nitrogen and oxygen atoms in total. The maximum absolute atomic E-state index is 13.2. The number of nitrogens with one attached hydrogen (secondary N) is 2. The van der Waals surface area contributed by atoms with E-state index in [0.29, 0.717) is 25.9 Å². The number of hydrogen-bond donors (Lipinski definition) is 2. The second kappa shape index (κ2) is 14.0. The molecule has 0 heterocycles. The Morgan fingerprint density at radius 2 is 1.38 bits per heavy atom. The number of likely N-dealkylation sites (N-methyl/N-ethyl adjacent to an activating group) is 1. The van der Waals surface area contributed by atoms with E-state index in [1.54, 1.807) is 4.90 Å². The van der Waals surface area contributed by atoms with E-state index in [0.717, 1.165) is 11.1 Å². The standard InChI is InChI=1S/C27H37N3O4/c1-5-30(6-2)26(32)24(18-21-13-9-7-10-14-21)28-25(31)23(17-20(3)4)29-27(33)34-19-22-15-11-8-12-16-22/h7-16,20,23-24H,5-6,17-19H2,1-4H3,(H,28,31)(H,29,33)/t23-,24-/m0/s1. The van der Waals surface area contributed by atoms with E-state index in [9.17, 15) is 14.4 Å². The summed E-state index contributed by atoms with van der Waals surface area (Å²) in [6, 6.07) is 17.4. The fourth-order valence-corrected chi connectivity index (χ4v) is 3.69. The van der Waals surface area contributed by atoms with Crippen LogP contribution in [0.3, 0.4) is 0 Å². The summed E-state index contributed by atoms with van der Waals surface area (Å²) in [5.74, 6) is -0.389. The maximum Gasteiger partial charge on any atom is 0.408 e. The van der Waals surface area contributed by atoms with Crippen LogP contribution in [0.15, 0.2) is 60.7 Å². The largest absolute Gasteiger partial charge is 0.445 e. The zero-order valence-electron chi connectivity index (χ0n) is 20.6. The minimum Gasteiger partial charge on any atom is -0.445 e. The van der Waals surface area contributed by atoms with Gasteiger partial charge in [-0.05, 0) is 37.3 Å². The van der Waals surface area contributed by atoms with Crippen molar-refractivity contribution in [3.05, 3.63) is 71.8 Å². The molecule has 7 heteroatoms. The van der Waals surface area contributed by atoms with Gasteiger partial charge < -0.3 is 20.3 Å². The first-order chi connectivity index (χ1) is 16.3. The molecule has 0 bridgehead atoms. The van der Waals surface area contributed by atoms with Crippen LogP contribution in [0, 0.1) is 5.92 Å². The highest BCUT2D eigenvalue weighted by Crippen LogP contribution is 2.10. The Bertz CT molecular complexity index is 899. The van der Waals surface area contributed by atoms with E-state index in [2.05, 4.69) is 10.6 Å². The fraction of sp³-hybridized carbons (Fsp3) is 0.444. The lowest BCUT2D eigenvalue weighted by molar-refractivity contribution is -0.136. The van der Waals surface area contributed by atoms with Crippen molar-refractivity contribution in [1.29, 1.82) is 0 Å². The molecule has 2 rings (SSSR count). The summed E-state index contributed by atoms with van der Waals surface area (Å²) < 4.78 is 5.31. The van der Waals surface area contributed by atoms with Crippen molar-refractivity contribution in [2.75, 3.05) is 13.1 Å². The average molecular weight is 468 g/mol. The van der Waals surface area contributed by atoms with Crippen molar-refractivity contribution < 1.29 is 19.1 Å². The van der Waals surface area contributed by atoms with Gasteiger partial charge in [0.05, 0.1) is 0 Å². The summed E-state index contributed by atoms with van der Waals surface area (Å²) >= 11 is 0. The van der Waals surface area contributed by atoms with E-state index in [1.165, 1.54) is 0 Å². The van der Waals surface area contributed by atoms with E-state index in [1.807, 2.05) is 88.4 Å². The summed E-state index contributed by atoms with van der Waals surface area (Å²) in [7, 11) is 0. The van der Waals surface area contributed by atoms with Gasteiger partial charge in [0.1, 0.15) is 18.7 Å². The summed E-state index contributed by atoms with van der Waals surface area (Å²) in [6.07, 6.45) is 0.123. The predicted octanol–water partition coefficient (Wildman–Crippen LogP) is 3.92. The van der Waals surface area contributed by atoms with Gasteiger partial charge in [-0.15, -0.1) is 0 Å². The van der Waals surface area contributed by atoms with Gasteiger partial charge in [-0.1, -0.05) is 74.5 Å². The molecule has 0 aliphatic heterocycles. The van der Waals surface area contributed by atoms with Crippen LogP contribution < -0.4 is 10.6 Å². The number of alkyl carbamates (subject to hydrolysis) is 1. The lowest BCUT2D eigenvalue weighted by atomic mass is 10.0. The zero-order valence-corrected chi connectivity index (χ0v) is 20.6. The Kier molecular flexibility index (Phi) is 11.1. The van der Waals surface area contributed by atoms with Crippen molar-refractivity contribution in [2.24, 2.45) is 5.92 Å². The highest BCUT2D eigenvalue weighted by atomic mass is 16.5. The molecule has 0 unspecified atom stereocenters. The van der Waals surface area contributed by atoms with Gasteiger partial charge in [-0.2, -0.15) is 0 Å². The Hall–Kier alpha value is -3.35. The predicted molar refractivity (Wildman–Crippen MR) is 133 cm³/mol. The van der Waals surface area contributed by atoms with Gasteiger partial charge in [0.2, 0.25) is 11.8 Å². The molecule has 0 saturated carbocycles. The van der Waals surface area contributed by atoms with Crippen LogP contribution >= 0.6 is 0 Å². The van der Waals surface area contributed by atoms with Gasteiger partial charge in [-0.25, -0.2) is 4.79 Å². The van der Waals surface area contributed by atoms with Crippen LogP contribution in [0.1, 0.15) is 45.2 Å². The van der Waals surface area contributed by atoms with E-state index < -0.39 is 24.1 Å². The quantitative estimate of drug-likeness (QED) is 0.495. The molecule has 2 N–H and O–H groups in total. The third kappa shape index (κ3) is 8.89. The molecule has 2 aromatic carbocycles. The maximum atomic E-state index is 13.2. The SMILES string of the molecule is CCN(CC)C(=O)[C@H](Cc1ccccc1)NC(=O)[C@H](CC(C)C)NC(=O)OCc1ccccc1. The topological polar surface area (TPSA) is 87.7 Å². The molecule has 0 saturated heterocycles. The third-order valence-corrected chi connectivity index (χ3v) is 5.50. The Morgan fingerprint density at radius 1 is 0.824 bits per heavy atom. The summed E-state index contributed by atoms with van der Waals surface area (Å²) in [6.45, 7) is 8.98. The van der Waals surface area contributed by atoms with Gasteiger partial charge in [0.15, 0.2) is 0 Å². The highest BCUT2D eigenvalue weighted by Gasteiger charge is 2.29. The summed E-state index contributed by atoms with van der Waals surface area (Å²) in [5, 5.41) is 5.58. The Balaban J connectivity index is 2.11. The number of benzene rings is 2. The lowest BCUT2D eigenvalue weighted by Crippen LogP contribution is -2.55. The van der Waals surface area contributed by atoms with Crippen LogP contribution in [0.2, 0.25) is 0 Å². The fourth-order valence-electron chi connectivity index (χ4n) is 3.69. The zero-order chi connectivity index (χ0) is 24.9. The monoisotopic (exact) mass is 467 g/mol. The Morgan fingerprint density at radius 3 is 1.91 bits per heavy atom. The van der Waals surface area contributed by atoms with Crippen LogP contribution in [0.4, 0.5) is 4.79 Å². The molecular weight excluding hydrogens is 430 g/mol. The molecular formula is C27H37N3O4. The van der Waals surface area contributed by atoms with Crippen molar-refractivity contribution >= 4 is 17.9 Å². The molecule has 0 aromatic heterocycles. The van der Waals surface area contributed by atoms with Gasteiger partial charge in [-0.3, -0.25) is 9.59 Å². The molecule has 34 heavy (non-hydrogen) atoms. The van der Waals surface area contributed by atoms with Crippen molar-refractivity contribution in [3.8, 4) is 0 Å². The van der Waals surface area contributed by atoms with Crippen LogP contribution in [-0.2, 0) is 27.4 Å². The van der Waals surface area contributed by atoms with Crippen LogP contribution in [0.5, 0.6) is 0 Å². The molecule has 0 aliphatic rings. The van der Waals surface area contributed by atoms with Gasteiger partial charge in [0, 0.05) is 19.5 Å². The highest BCUT2D eigenvalue weighted by molar-refractivity contribution is 5.91. The normalized spacial score (nSPS) is 12.5. The van der Waals surface area contributed by atoms with Crippen molar-refractivity contribution in [2.45, 2.75) is 59.2 Å². The molecule has 184 valence electrons. The number of ether oxygens (including phenoxy) is 1. The number of amides is 3. The van der Waals surface area contributed by atoms with Crippen LogP contribution in [-0.4, -0.2) is 48.0 Å². The smallest absolute Gasteiger partial charge is 0.408 e. The first-order valence-electron chi connectivity index (χ1n) is 11.9. The van der Waals surface area contributed by atoms with E-state index >= 15 is 0 Å². The lowest BCUT2D eigenvalue weighted by Gasteiger charge is -2.28. The number of nitrogens with zero attached hydrogens (tertiary/aromatic N) is 1. The minimum atomic E-state index is -0.814. The summed E-state index contributed by atoms with van der Waals surface area (Å²) in [5.41, 5.74) is 1.80. The van der Waals surface area contributed by atoms with Gasteiger partial charge >= 0.3 is 6.09 Å². The molecule has 0 aliphatic carbocycles. The first kappa shape index (κ1) is 26.9. The van der Waals surface area contributed by atoms with Crippen molar-refractivity contribution in [1.82, 2.24) is 15.5 Å². The first-order valence-corrected chi connectivity index (χ1v) is 11.9. The third-order valence-electron chi connectivity index (χ3n) is 5.50. The van der Waals surface area contributed by atoms with Gasteiger partial charge in [0.25, 0.3) is 0 Å². The molecule has 2 aromatic rings. The number of carbonyl (C=O) groups excluding carboxylic acids is 3.